The zero-order valence-electron chi connectivity index (χ0n) is 16.3. The lowest BCUT2D eigenvalue weighted by Crippen LogP contribution is -2.49. The summed E-state index contributed by atoms with van der Waals surface area (Å²) in [6.07, 6.45) is -4.60. The van der Waals surface area contributed by atoms with Gasteiger partial charge in [-0.25, -0.2) is 8.42 Å². The van der Waals surface area contributed by atoms with Crippen LogP contribution < -0.4 is 0 Å². The lowest BCUT2D eigenvalue weighted by Gasteiger charge is -2.36. The molecule has 160 valence electrons. The minimum Gasteiger partial charge on any atom is -0.338 e. The lowest BCUT2D eigenvalue weighted by atomic mass is 10.2. The van der Waals surface area contributed by atoms with Gasteiger partial charge in [0.2, 0.25) is 15.9 Å². The topological polar surface area (TPSA) is 79.5 Å². The van der Waals surface area contributed by atoms with Crippen molar-refractivity contribution in [3.05, 3.63) is 41.5 Å². The Kier molecular flexibility index (Phi) is 6.02. The molecular formula is C18H23F3N4O3S. The van der Waals surface area contributed by atoms with Gasteiger partial charge in [-0.1, -0.05) is 25.1 Å². The number of halogens is 3. The van der Waals surface area contributed by atoms with E-state index in [1.807, 2.05) is 25.7 Å². The van der Waals surface area contributed by atoms with Crippen LogP contribution in [0.4, 0.5) is 13.2 Å². The van der Waals surface area contributed by atoms with Crippen LogP contribution in [0.15, 0.2) is 33.7 Å². The zero-order chi connectivity index (χ0) is 21.4. The lowest BCUT2D eigenvalue weighted by molar-refractivity contribution is -0.137. The number of hydrogen-bond acceptors (Lipinski definition) is 6. The molecule has 7 nitrogen and oxygen atoms in total. The summed E-state index contributed by atoms with van der Waals surface area (Å²) in [6, 6.07) is 3.64. The van der Waals surface area contributed by atoms with Gasteiger partial charge in [0.1, 0.15) is 0 Å². The fourth-order valence-corrected chi connectivity index (χ4v) is 4.59. The zero-order valence-corrected chi connectivity index (χ0v) is 17.2. The minimum atomic E-state index is -4.60. The van der Waals surface area contributed by atoms with E-state index in [9.17, 15) is 21.6 Å². The molecule has 0 radical (unpaired) electrons. The van der Waals surface area contributed by atoms with Crippen molar-refractivity contribution in [3.63, 3.8) is 0 Å². The molecule has 0 N–H and O–H groups in total. The Morgan fingerprint density at radius 2 is 1.76 bits per heavy atom. The number of piperazine rings is 1. The maximum Gasteiger partial charge on any atom is 0.416 e. The highest BCUT2D eigenvalue weighted by molar-refractivity contribution is 7.89. The molecule has 1 saturated heterocycles. The molecule has 0 aliphatic carbocycles. The molecule has 1 aliphatic heterocycles. The second-order valence-corrected chi connectivity index (χ2v) is 9.23. The molecule has 0 saturated carbocycles. The van der Waals surface area contributed by atoms with Crippen LogP contribution in [0, 0.1) is 0 Å². The van der Waals surface area contributed by atoms with Gasteiger partial charge in [-0.2, -0.15) is 22.5 Å². The van der Waals surface area contributed by atoms with Gasteiger partial charge in [0, 0.05) is 32.1 Å². The van der Waals surface area contributed by atoms with Gasteiger partial charge in [0.05, 0.1) is 16.5 Å². The van der Waals surface area contributed by atoms with E-state index in [1.165, 1.54) is 10.4 Å². The molecule has 0 amide bonds. The SMILES string of the molecule is CC(C)c1noc(C(C)N2CCN(S(=O)(=O)c3cccc(C(F)(F)F)c3)CC2)n1. The predicted octanol–water partition coefficient (Wildman–Crippen LogP) is 3.28. The fraction of sp³-hybridized carbons (Fsp3) is 0.556. The molecule has 3 rings (SSSR count). The highest BCUT2D eigenvalue weighted by Crippen LogP contribution is 2.31. The van der Waals surface area contributed by atoms with Crippen molar-refractivity contribution in [2.75, 3.05) is 26.2 Å². The van der Waals surface area contributed by atoms with Crippen LogP contribution in [0.1, 0.15) is 50.0 Å². The van der Waals surface area contributed by atoms with Gasteiger partial charge in [-0.15, -0.1) is 0 Å². The third kappa shape index (κ3) is 4.62. The molecule has 2 heterocycles. The van der Waals surface area contributed by atoms with Crippen LogP contribution in [0.2, 0.25) is 0 Å². The predicted molar refractivity (Wildman–Crippen MR) is 98.6 cm³/mol. The number of aromatic nitrogens is 2. The van der Waals surface area contributed by atoms with E-state index in [4.69, 9.17) is 4.52 Å². The van der Waals surface area contributed by atoms with Crippen LogP contribution >= 0.6 is 0 Å². The van der Waals surface area contributed by atoms with Crippen LogP contribution in [0.3, 0.4) is 0 Å². The smallest absolute Gasteiger partial charge is 0.338 e. The van der Waals surface area contributed by atoms with E-state index in [2.05, 4.69) is 10.1 Å². The van der Waals surface area contributed by atoms with Crippen LogP contribution in [-0.2, 0) is 16.2 Å². The van der Waals surface area contributed by atoms with E-state index in [1.54, 1.807) is 0 Å². The minimum absolute atomic E-state index is 0.133. The Morgan fingerprint density at radius 1 is 1.10 bits per heavy atom. The van der Waals surface area contributed by atoms with Gasteiger partial charge in [0.25, 0.3) is 0 Å². The Hall–Kier alpha value is -1.98. The van der Waals surface area contributed by atoms with Crippen molar-refractivity contribution in [1.29, 1.82) is 0 Å². The van der Waals surface area contributed by atoms with Crippen molar-refractivity contribution in [2.24, 2.45) is 0 Å². The molecule has 2 aromatic rings. The first-order valence-electron chi connectivity index (χ1n) is 9.25. The molecule has 1 atom stereocenters. The highest BCUT2D eigenvalue weighted by Gasteiger charge is 2.35. The Balaban J connectivity index is 1.69. The number of benzene rings is 1. The van der Waals surface area contributed by atoms with Crippen molar-refractivity contribution in [1.82, 2.24) is 19.3 Å². The highest BCUT2D eigenvalue weighted by atomic mass is 32.2. The van der Waals surface area contributed by atoms with Gasteiger partial charge >= 0.3 is 6.18 Å². The second kappa shape index (κ2) is 8.04. The number of alkyl halides is 3. The normalized spacial score (nSPS) is 18.3. The third-order valence-electron chi connectivity index (χ3n) is 4.95. The molecule has 1 aromatic carbocycles. The van der Waals surface area contributed by atoms with E-state index in [-0.39, 0.29) is 29.9 Å². The molecule has 11 heteroatoms. The van der Waals surface area contributed by atoms with E-state index in [0.29, 0.717) is 30.9 Å². The number of sulfonamides is 1. The van der Waals surface area contributed by atoms with Crippen LogP contribution in [0.25, 0.3) is 0 Å². The van der Waals surface area contributed by atoms with Crippen LogP contribution in [-0.4, -0.2) is 53.9 Å². The summed E-state index contributed by atoms with van der Waals surface area (Å²) < 4.78 is 70.8. The molecule has 1 fully saturated rings. The fourth-order valence-electron chi connectivity index (χ4n) is 3.12. The summed E-state index contributed by atoms with van der Waals surface area (Å²) in [4.78, 5) is 6.03. The number of rotatable bonds is 5. The maximum absolute atomic E-state index is 12.9. The summed E-state index contributed by atoms with van der Waals surface area (Å²) in [5.74, 6) is 1.20. The molecule has 1 aliphatic rings. The van der Waals surface area contributed by atoms with Crippen LogP contribution in [0.5, 0.6) is 0 Å². The van der Waals surface area contributed by atoms with Crippen molar-refractivity contribution in [3.8, 4) is 0 Å². The standard InChI is InChI=1S/C18H23F3N4O3S/c1-12(2)16-22-17(28-23-16)13(3)24-7-9-25(10-8-24)29(26,27)15-6-4-5-14(11-15)18(19,20)21/h4-6,11-13H,7-10H2,1-3H3. The summed E-state index contributed by atoms with van der Waals surface area (Å²) in [7, 11) is -4.01. The first kappa shape index (κ1) is 21.7. The summed E-state index contributed by atoms with van der Waals surface area (Å²) in [5, 5.41) is 3.94. The monoisotopic (exact) mass is 432 g/mol. The molecular weight excluding hydrogens is 409 g/mol. The quantitative estimate of drug-likeness (QED) is 0.722. The second-order valence-electron chi connectivity index (χ2n) is 7.29. The Labute approximate surface area is 167 Å². The molecule has 29 heavy (non-hydrogen) atoms. The average Bonchev–Trinajstić information content (AvgIpc) is 3.17. The Bertz CT molecular complexity index is 951. The Morgan fingerprint density at radius 3 is 2.31 bits per heavy atom. The molecule has 1 aromatic heterocycles. The van der Waals surface area contributed by atoms with Crippen molar-refractivity contribution >= 4 is 10.0 Å². The van der Waals surface area contributed by atoms with E-state index in [0.717, 1.165) is 12.1 Å². The van der Waals surface area contributed by atoms with Gasteiger partial charge < -0.3 is 4.52 Å². The number of hydrogen-bond donors (Lipinski definition) is 0. The van der Waals surface area contributed by atoms with E-state index >= 15 is 0 Å². The summed E-state index contributed by atoms with van der Waals surface area (Å²) in [5.41, 5.74) is -0.983. The maximum atomic E-state index is 12.9. The first-order chi connectivity index (χ1) is 13.5. The van der Waals surface area contributed by atoms with Gasteiger partial charge in [0.15, 0.2) is 5.82 Å². The first-order valence-corrected chi connectivity index (χ1v) is 10.7. The van der Waals surface area contributed by atoms with E-state index < -0.39 is 21.8 Å². The summed E-state index contributed by atoms with van der Waals surface area (Å²) in [6.45, 7) is 6.93. The molecule has 0 bridgehead atoms. The third-order valence-corrected chi connectivity index (χ3v) is 6.85. The van der Waals surface area contributed by atoms with Gasteiger partial charge in [-0.3, -0.25) is 4.90 Å². The van der Waals surface area contributed by atoms with Gasteiger partial charge in [-0.05, 0) is 25.1 Å². The number of nitrogens with zero attached hydrogens (tertiary/aromatic N) is 4. The largest absolute Gasteiger partial charge is 0.416 e. The average molecular weight is 432 g/mol. The molecule has 1 unspecified atom stereocenters. The summed E-state index contributed by atoms with van der Waals surface area (Å²) >= 11 is 0. The molecule has 0 spiro atoms. The van der Waals surface area contributed by atoms with Crippen molar-refractivity contribution in [2.45, 2.75) is 43.8 Å². The van der Waals surface area contributed by atoms with Crippen molar-refractivity contribution < 1.29 is 26.1 Å².